The maximum absolute atomic E-state index is 2.44. The summed E-state index contributed by atoms with van der Waals surface area (Å²) in [5.41, 5.74) is 3.28. The Morgan fingerprint density at radius 1 is 0.254 bits per heavy atom. The van der Waals surface area contributed by atoms with E-state index in [1.165, 1.54) is 79.9 Å². The van der Waals surface area contributed by atoms with Crippen molar-refractivity contribution in [1.82, 2.24) is 0 Å². The number of rotatable bonds is 18. The highest BCUT2D eigenvalue weighted by Crippen LogP contribution is 2.73. The van der Waals surface area contributed by atoms with Crippen molar-refractivity contribution in [2.45, 2.75) is 5.66 Å². The van der Waals surface area contributed by atoms with E-state index in [1.807, 2.05) is 0 Å². The normalized spacial score (nSPS) is 11.7. The summed E-state index contributed by atoms with van der Waals surface area (Å²) in [7, 11) is -3.59. The van der Waals surface area contributed by atoms with Crippen molar-refractivity contribution in [3.63, 3.8) is 0 Å². The second-order valence-electron chi connectivity index (χ2n) is 15.1. The van der Waals surface area contributed by atoms with Gasteiger partial charge in [-0.15, -0.1) is 0 Å². The van der Waals surface area contributed by atoms with Crippen LogP contribution in [0, 0.1) is 0 Å². The second kappa shape index (κ2) is 21.1. The molecule has 8 aromatic carbocycles. The zero-order chi connectivity index (χ0) is 40.0. The van der Waals surface area contributed by atoms with E-state index in [0.717, 1.165) is 0 Å². The van der Waals surface area contributed by atoms with Gasteiger partial charge in [0, 0.05) is 25.7 Å². The quantitative estimate of drug-likeness (QED) is 0.0755. The highest BCUT2D eigenvalue weighted by molar-refractivity contribution is 7.81. The Morgan fingerprint density at radius 3 is 0.644 bits per heavy atom. The van der Waals surface area contributed by atoms with Gasteiger partial charge in [-0.1, -0.05) is 243 Å². The van der Waals surface area contributed by atoms with Crippen LogP contribution in [-0.4, -0.2) is 37.0 Å². The first-order chi connectivity index (χ1) is 29.3. The molecule has 0 aromatic heterocycles. The van der Waals surface area contributed by atoms with Crippen molar-refractivity contribution in [1.29, 1.82) is 0 Å². The van der Waals surface area contributed by atoms with Crippen LogP contribution in [-0.2, 0) is 0 Å². The molecule has 0 fully saturated rings. The highest BCUT2D eigenvalue weighted by atomic mass is 31.2. The maximum Gasteiger partial charge on any atom is 0.119 e. The van der Waals surface area contributed by atoms with Gasteiger partial charge >= 0.3 is 0 Å². The molecular formula is C55H53P4+. The standard InChI is InChI=1S/C55H53P4/c1-9-25-47(26-10-1)55(48-27-11-2-12-28-48)59(44-41-56(49-29-13-3-14-30-49)50-31-15-4-16-32-50,45-42-57(51-33-17-5-18-34-51)52-35-19-6-20-36-52)46-43-58(53-37-21-7-22-38-53)54-39-23-8-24-40-54/h1-40,55H,41-46H2/q+1. The fourth-order valence-corrected chi connectivity index (χ4v) is 24.5. The molecule has 0 saturated heterocycles. The van der Waals surface area contributed by atoms with Crippen LogP contribution in [0.1, 0.15) is 16.8 Å². The monoisotopic (exact) mass is 837 g/mol. The van der Waals surface area contributed by atoms with E-state index in [-0.39, 0.29) is 0 Å². The van der Waals surface area contributed by atoms with Crippen LogP contribution in [0.3, 0.4) is 0 Å². The third-order valence-corrected chi connectivity index (χ3v) is 25.1. The molecule has 0 unspecified atom stereocenters. The Kier molecular flexibility index (Phi) is 14.8. The van der Waals surface area contributed by atoms with Gasteiger partial charge in [0.2, 0.25) is 0 Å². The van der Waals surface area contributed by atoms with Gasteiger partial charge < -0.3 is 0 Å². The van der Waals surface area contributed by atoms with E-state index < -0.39 is 31.0 Å². The zero-order valence-electron chi connectivity index (χ0n) is 33.7. The summed E-state index contributed by atoms with van der Waals surface area (Å²) < 4.78 is 0. The largest absolute Gasteiger partial charge is 0.119 e. The van der Waals surface area contributed by atoms with Gasteiger partial charge in [0.15, 0.2) is 0 Å². The van der Waals surface area contributed by atoms with Gasteiger partial charge in [0.25, 0.3) is 0 Å². The Bertz CT molecular complexity index is 2010. The molecule has 0 amide bonds. The van der Waals surface area contributed by atoms with Crippen molar-refractivity contribution in [2.75, 3.05) is 37.0 Å². The minimum Gasteiger partial charge on any atom is -0.0622 e. The lowest BCUT2D eigenvalue weighted by atomic mass is 10.0. The van der Waals surface area contributed by atoms with Crippen LogP contribution >= 0.6 is 31.0 Å². The average Bonchev–Trinajstić information content (AvgIpc) is 3.32. The summed E-state index contributed by atoms with van der Waals surface area (Å²) in [4.78, 5) is 0. The SMILES string of the molecule is c1ccc(C(c2ccccc2)[P+](CCP(c2ccccc2)c2ccccc2)(CCP(c2ccccc2)c2ccccc2)CCP(c2ccccc2)c2ccccc2)cc1. The molecule has 0 spiro atoms. The Labute approximate surface area is 357 Å². The van der Waals surface area contributed by atoms with Crippen molar-refractivity contribution < 1.29 is 0 Å². The van der Waals surface area contributed by atoms with Crippen LogP contribution in [0.15, 0.2) is 243 Å². The molecule has 0 aliphatic heterocycles. The van der Waals surface area contributed by atoms with E-state index in [0.29, 0.717) is 5.66 Å². The molecule has 4 heteroatoms. The van der Waals surface area contributed by atoms with Crippen LogP contribution < -0.4 is 31.8 Å². The molecule has 0 atom stereocenters. The summed E-state index contributed by atoms with van der Waals surface area (Å²) in [6.07, 6.45) is 7.23. The second-order valence-corrected chi connectivity index (χ2v) is 26.4. The van der Waals surface area contributed by atoms with Crippen LogP contribution in [0.4, 0.5) is 0 Å². The number of hydrogen-bond donors (Lipinski definition) is 0. The Hall–Kier alpha value is -4.52. The summed E-state index contributed by atoms with van der Waals surface area (Å²) in [5, 5.41) is 8.89. The molecule has 0 nitrogen and oxygen atoms in total. The van der Waals surface area contributed by atoms with Gasteiger partial charge in [-0.3, -0.25) is 0 Å². The van der Waals surface area contributed by atoms with Crippen molar-refractivity contribution >= 4 is 62.9 Å². The summed E-state index contributed by atoms with van der Waals surface area (Å²) in [6.45, 7) is 0. The predicted octanol–water partition coefficient (Wildman–Crippen LogP) is 12.2. The minimum atomic E-state index is -1.89. The van der Waals surface area contributed by atoms with E-state index in [2.05, 4.69) is 243 Å². The first-order valence-electron chi connectivity index (χ1n) is 20.9. The molecule has 0 bridgehead atoms. The molecule has 0 aliphatic rings. The van der Waals surface area contributed by atoms with Crippen LogP contribution in [0.5, 0.6) is 0 Å². The molecule has 8 rings (SSSR count). The van der Waals surface area contributed by atoms with Crippen LogP contribution in [0.25, 0.3) is 0 Å². The lowest BCUT2D eigenvalue weighted by molar-refractivity contribution is 1.07. The maximum atomic E-state index is 2.44. The fourth-order valence-electron chi connectivity index (χ4n) is 8.59. The molecule has 0 saturated carbocycles. The number of hydrogen-bond acceptors (Lipinski definition) is 0. The molecule has 0 N–H and O–H groups in total. The molecule has 0 radical (unpaired) electrons. The third-order valence-electron chi connectivity index (χ3n) is 11.5. The Morgan fingerprint density at radius 2 is 0.441 bits per heavy atom. The minimum absolute atomic E-state index is 0.333. The van der Waals surface area contributed by atoms with Crippen molar-refractivity contribution in [3.8, 4) is 0 Å². The van der Waals surface area contributed by atoms with Crippen LogP contribution in [0.2, 0.25) is 0 Å². The lowest BCUT2D eigenvalue weighted by Crippen LogP contribution is -2.27. The van der Waals surface area contributed by atoms with E-state index >= 15 is 0 Å². The Balaban J connectivity index is 1.30. The molecule has 0 aliphatic carbocycles. The summed E-state index contributed by atoms with van der Waals surface area (Å²) in [6, 6.07) is 91.9. The topological polar surface area (TPSA) is 0 Å². The van der Waals surface area contributed by atoms with Gasteiger partial charge in [-0.2, -0.15) is 0 Å². The van der Waals surface area contributed by atoms with Gasteiger partial charge in [0.1, 0.15) is 5.66 Å². The first-order valence-corrected chi connectivity index (χ1v) is 27.9. The third kappa shape index (κ3) is 10.6. The van der Waals surface area contributed by atoms with Crippen molar-refractivity contribution in [3.05, 3.63) is 254 Å². The molecular weight excluding hydrogens is 785 g/mol. The smallest absolute Gasteiger partial charge is 0.0622 e. The number of benzene rings is 8. The van der Waals surface area contributed by atoms with Gasteiger partial charge in [-0.05, 0) is 66.7 Å². The van der Waals surface area contributed by atoms with Gasteiger partial charge in [0.05, 0.1) is 18.5 Å². The fraction of sp³-hybridized carbons (Fsp3) is 0.127. The lowest BCUT2D eigenvalue weighted by Gasteiger charge is -2.39. The molecule has 59 heavy (non-hydrogen) atoms. The van der Waals surface area contributed by atoms with E-state index in [9.17, 15) is 0 Å². The summed E-state index contributed by atoms with van der Waals surface area (Å²) in [5.74, 6) is 0. The highest BCUT2D eigenvalue weighted by Gasteiger charge is 2.48. The van der Waals surface area contributed by atoms with E-state index in [4.69, 9.17) is 0 Å². The summed E-state index contributed by atoms with van der Waals surface area (Å²) >= 11 is 0. The van der Waals surface area contributed by atoms with Crippen molar-refractivity contribution in [2.24, 2.45) is 0 Å². The van der Waals surface area contributed by atoms with E-state index in [1.54, 1.807) is 0 Å². The molecule has 0 heterocycles. The first kappa shape index (κ1) is 41.2. The van der Waals surface area contributed by atoms with Gasteiger partial charge in [-0.25, -0.2) is 0 Å². The zero-order valence-corrected chi connectivity index (χ0v) is 37.3. The molecule has 8 aromatic rings. The average molecular weight is 838 g/mol. The molecule has 292 valence electrons. The predicted molar refractivity (Wildman–Crippen MR) is 268 cm³/mol.